The number of hydrogen-bond donors (Lipinski definition) is 1. The van der Waals surface area contributed by atoms with Crippen molar-refractivity contribution in [2.75, 3.05) is 18.4 Å². The Kier molecular flexibility index (Phi) is 4.79. The Morgan fingerprint density at radius 1 is 1.25 bits per heavy atom. The molecule has 1 atom stereocenters. The number of amides is 2. The van der Waals surface area contributed by atoms with Crippen LogP contribution in [0.2, 0.25) is 0 Å². The fourth-order valence-electron chi connectivity index (χ4n) is 2.94. The van der Waals surface area contributed by atoms with Gasteiger partial charge in [-0.2, -0.15) is 0 Å². The molecule has 0 bridgehead atoms. The summed E-state index contributed by atoms with van der Waals surface area (Å²) in [5.74, 6) is 0.344. The first-order valence-electron chi connectivity index (χ1n) is 7.92. The summed E-state index contributed by atoms with van der Waals surface area (Å²) in [5, 5.41) is 2.60. The molecule has 0 unspecified atom stereocenters. The molecule has 3 rings (SSSR count). The first-order chi connectivity index (χ1) is 11.6. The van der Waals surface area contributed by atoms with Crippen molar-refractivity contribution in [3.8, 4) is 0 Å². The molecule has 0 saturated carbocycles. The molecule has 0 radical (unpaired) electrons. The van der Waals surface area contributed by atoms with Crippen LogP contribution in [0.25, 0.3) is 0 Å². The quantitative estimate of drug-likeness (QED) is 0.930. The molecule has 24 heavy (non-hydrogen) atoms. The molecule has 124 valence electrons. The molecule has 0 aromatic carbocycles. The van der Waals surface area contributed by atoms with Gasteiger partial charge in [0.25, 0.3) is 5.91 Å². The summed E-state index contributed by atoms with van der Waals surface area (Å²) >= 11 is 0. The molecular weight excluding hydrogens is 306 g/mol. The molecule has 2 amide bonds. The molecule has 2 aromatic rings. The zero-order valence-corrected chi connectivity index (χ0v) is 13.5. The van der Waals surface area contributed by atoms with E-state index in [0.29, 0.717) is 17.9 Å². The predicted molar refractivity (Wildman–Crippen MR) is 88.5 cm³/mol. The fourth-order valence-corrected chi connectivity index (χ4v) is 2.94. The molecule has 1 aliphatic heterocycles. The summed E-state index contributed by atoms with van der Waals surface area (Å²) in [5.41, 5.74) is 1.49. The lowest BCUT2D eigenvalue weighted by Crippen LogP contribution is -2.39. The number of pyridine rings is 1. The average Bonchev–Trinajstić information content (AvgIpc) is 2.62. The molecule has 1 saturated heterocycles. The zero-order valence-electron chi connectivity index (χ0n) is 13.5. The van der Waals surface area contributed by atoms with Crippen LogP contribution in [0.5, 0.6) is 0 Å². The van der Waals surface area contributed by atoms with Gasteiger partial charge in [-0.25, -0.2) is 15.0 Å². The SMILES string of the molecule is CC(=O)Nc1cc(C(=O)N2CCC[C@@H](c3ccncn3)C2)ccn1. The highest BCUT2D eigenvalue weighted by molar-refractivity contribution is 5.96. The normalized spacial score (nSPS) is 17.4. The maximum atomic E-state index is 12.8. The minimum Gasteiger partial charge on any atom is -0.338 e. The highest BCUT2D eigenvalue weighted by Crippen LogP contribution is 2.26. The van der Waals surface area contributed by atoms with E-state index in [1.807, 2.05) is 11.0 Å². The van der Waals surface area contributed by atoms with E-state index in [-0.39, 0.29) is 17.7 Å². The number of carbonyl (C=O) groups is 2. The number of anilines is 1. The van der Waals surface area contributed by atoms with Crippen molar-refractivity contribution in [2.45, 2.75) is 25.7 Å². The second-order valence-corrected chi connectivity index (χ2v) is 5.84. The standard InChI is InChI=1S/C17H19N5O2/c1-12(23)21-16-9-13(4-7-19-16)17(24)22-8-2-3-14(10-22)15-5-6-18-11-20-15/h4-7,9,11,14H,2-3,8,10H2,1H3,(H,19,21,23)/t14-/m1/s1. The second-order valence-electron chi connectivity index (χ2n) is 5.84. The number of likely N-dealkylation sites (tertiary alicyclic amines) is 1. The van der Waals surface area contributed by atoms with Crippen LogP contribution in [0, 0.1) is 0 Å². The lowest BCUT2D eigenvalue weighted by Gasteiger charge is -2.32. The van der Waals surface area contributed by atoms with Gasteiger partial charge >= 0.3 is 0 Å². The number of nitrogens with one attached hydrogen (secondary N) is 1. The Morgan fingerprint density at radius 2 is 2.12 bits per heavy atom. The van der Waals surface area contributed by atoms with Crippen LogP contribution in [0.1, 0.15) is 41.7 Å². The molecule has 0 aliphatic carbocycles. The van der Waals surface area contributed by atoms with Gasteiger partial charge in [-0.15, -0.1) is 0 Å². The Morgan fingerprint density at radius 3 is 2.88 bits per heavy atom. The summed E-state index contributed by atoms with van der Waals surface area (Å²) in [4.78, 5) is 38.0. The Hall–Kier alpha value is -2.83. The van der Waals surface area contributed by atoms with Gasteiger partial charge in [0.2, 0.25) is 5.91 Å². The molecule has 1 N–H and O–H groups in total. The van der Waals surface area contributed by atoms with Crippen LogP contribution in [0.3, 0.4) is 0 Å². The highest BCUT2D eigenvalue weighted by atomic mass is 16.2. The molecule has 2 aromatic heterocycles. The maximum Gasteiger partial charge on any atom is 0.254 e. The number of carbonyl (C=O) groups excluding carboxylic acids is 2. The Bertz CT molecular complexity index is 735. The molecule has 1 fully saturated rings. The molecule has 7 nitrogen and oxygen atoms in total. The monoisotopic (exact) mass is 325 g/mol. The Labute approximate surface area is 140 Å². The van der Waals surface area contributed by atoms with E-state index in [1.165, 1.54) is 13.1 Å². The van der Waals surface area contributed by atoms with Gasteiger partial charge in [0.1, 0.15) is 12.1 Å². The molecular formula is C17H19N5O2. The van der Waals surface area contributed by atoms with Gasteiger partial charge in [0.15, 0.2) is 0 Å². The topological polar surface area (TPSA) is 88.1 Å². The summed E-state index contributed by atoms with van der Waals surface area (Å²) in [6.45, 7) is 2.76. The number of piperidine rings is 1. The minimum atomic E-state index is -0.214. The van der Waals surface area contributed by atoms with Crippen LogP contribution < -0.4 is 5.32 Å². The summed E-state index contributed by atoms with van der Waals surface area (Å²) < 4.78 is 0. The number of hydrogen-bond acceptors (Lipinski definition) is 5. The zero-order chi connectivity index (χ0) is 16.9. The van der Waals surface area contributed by atoms with Crippen LogP contribution in [0.4, 0.5) is 5.82 Å². The largest absolute Gasteiger partial charge is 0.338 e. The maximum absolute atomic E-state index is 12.8. The van der Waals surface area contributed by atoms with E-state index in [1.54, 1.807) is 24.7 Å². The van der Waals surface area contributed by atoms with E-state index >= 15 is 0 Å². The fraction of sp³-hybridized carbons (Fsp3) is 0.353. The predicted octanol–water partition coefficient (Wildman–Crippen LogP) is 1.85. The third kappa shape index (κ3) is 3.73. The van der Waals surface area contributed by atoms with Gasteiger partial charge in [0, 0.05) is 49.6 Å². The number of rotatable bonds is 3. The third-order valence-corrected chi connectivity index (χ3v) is 4.04. The van der Waals surface area contributed by atoms with E-state index in [4.69, 9.17) is 0 Å². The van der Waals surface area contributed by atoms with Crippen molar-refractivity contribution >= 4 is 17.6 Å². The number of nitrogens with zero attached hydrogens (tertiary/aromatic N) is 4. The van der Waals surface area contributed by atoms with Gasteiger partial charge < -0.3 is 10.2 Å². The van der Waals surface area contributed by atoms with Gasteiger partial charge in [-0.3, -0.25) is 9.59 Å². The lowest BCUT2D eigenvalue weighted by molar-refractivity contribution is -0.114. The lowest BCUT2D eigenvalue weighted by atomic mass is 9.94. The van der Waals surface area contributed by atoms with Crippen molar-refractivity contribution in [1.82, 2.24) is 19.9 Å². The summed E-state index contributed by atoms with van der Waals surface area (Å²) in [7, 11) is 0. The summed E-state index contributed by atoms with van der Waals surface area (Å²) in [6.07, 6.45) is 6.74. The van der Waals surface area contributed by atoms with Crippen molar-refractivity contribution in [3.05, 3.63) is 48.2 Å². The second kappa shape index (κ2) is 7.16. The van der Waals surface area contributed by atoms with Gasteiger partial charge in [-0.05, 0) is 31.0 Å². The third-order valence-electron chi connectivity index (χ3n) is 4.04. The van der Waals surface area contributed by atoms with Crippen molar-refractivity contribution in [2.24, 2.45) is 0 Å². The molecule has 7 heteroatoms. The Balaban J connectivity index is 1.74. The molecule has 0 spiro atoms. The van der Waals surface area contributed by atoms with Crippen molar-refractivity contribution in [3.63, 3.8) is 0 Å². The van der Waals surface area contributed by atoms with Gasteiger partial charge in [-0.1, -0.05) is 0 Å². The van der Waals surface area contributed by atoms with Crippen LogP contribution in [0.15, 0.2) is 36.9 Å². The smallest absolute Gasteiger partial charge is 0.254 e. The van der Waals surface area contributed by atoms with E-state index in [0.717, 1.165) is 25.1 Å². The molecule has 3 heterocycles. The van der Waals surface area contributed by atoms with Crippen molar-refractivity contribution < 1.29 is 9.59 Å². The summed E-state index contributed by atoms with van der Waals surface area (Å²) in [6, 6.07) is 5.18. The average molecular weight is 325 g/mol. The first-order valence-corrected chi connectivity index (χ1v) is 7.92. The van der Waals surface area contributed by atoms with Crippen molar-refractivity contribution in [1.29, 1.82) is 0 Å². The van der Waals surface area contributed by atoms with E-state index in [9.17, 15) is 9.59 Å². The highest BCUT2D eigenvalue weighted by Gasteiger charge is 2.26. The van der Waals surface area contributed by atoms with Crippen LogP contribution in [-0.4, -0.2) is 44.8 Å². The molecule has 1 aliphatic rings. The van der Waals surface area contributed by atoms with E-state index in [2.05, 4.69) is 20.3 Å². The van der Waals surface area contributed by atoms with Crippen LogP contribution in [-0.2, 0) is 4.79 Å². The van der Waals surface area contributed by atoms with Crippen LogP contribution >= 0.6 is 0 Å². The van der Waals surface area contributed by atoms with Gasteiger partial charge in [0.05, 0.1) is 0 Å². The first kappa shape index (κ1) is 16.0. The number of aromatic nitrogens is 3. The van der Waals surface area contributed by atoms with E-state index < -0.39 is 0 Å². The minimum absolute atomic E-state index is 0.0530.